The largest absolute Gasteiger partial charge is 0.484 e. The normalized spacial score (nSPS) is 12.5. The molecule has 1 amide bonds. The highest BCUT2D eigenvalue weighted by atomic mass is 19.4. The summed E-state index contributed by atoms with van der Waals surface area (Å²) < 4.78 is 54.7. The molecule has 7 nitrogen and oxygen atoms in total. The average Bonchev–Trinajstić information content (AvgIpc) is 2.66. The lowest BCUT2D eigenvalue weighted by Crippen LogP contribution is -2.34. The van der Waals surface area contributed by atoms with Crippen LogP contribution < -0.4 is 10.1 Å². The first-order valence-corrected chi connectivity index (χ1v) is 8.66. The number of carbonyl (C=O) groups excluding carboxylic acids is 1. The van der Waals surface area contributed by atoms with Crippen molar-refractivity contribution in [2.24, 2.45) is 0 Å². The quantitative estimate of drug-likeness (QED) is 0.393. The van der Waals surface area contributed by atoms with Crippen molar-refractivity contribution in [3.63, 3.8) is 0 Å². The van der Waals surface area contributed by atoms with Gasteiger partial charge in [0.1, 0.15) is 17.1 Å². The molecule has 0 spiro atoms. The van der Waals surface area contributed by atoms with Crippen molar-refractivity contribution in [1.82, 2.24) is 10.2 Å². The van der Waals surface area contributed by atoms with Gasteiger partial charge in [-0.3, -0.25) is 14.9 Å². The van der Waals surface area contributed by atoms with Crippen LogP contribution in [0.1, 0.15) is 22.0 Å². The van der Waals surface area contributed by atoms with Gasteiger partial charge in [-0.05, 0) is 43.9 Å². The number of rotatable bonds is 8. The smallest absolute Gasteiger partial charge is 0.422 e. The van der Waals surface area contributed by atoms with Gasteiger partial charge in [0.05, 0.1) is 11.0 Å². The van der Waals surface area contributed by atoms with E-state index in [4.69, 9.17) is 0 Å². The topological polar surface area (TPSA) is 84.7 Å². The molecule has 1 atom stereocenters. The lowest BCUT2D eigenvalue weighted by atomic mass is 10.1. The fraction of sp³-hybridized carbons (Fsp3) is 0.316. The van der Waals surface area contributed by atoms with E-state index in [1.807, 2.05) is 0 Å². The van der Waals surface area contributed by atoms with Crippen LogP contribution in [-0.2, 0) is 0 Å². The van der Waals surface area contributed by atoms with E-state index >= 15 is 0 Å². The van der Waals surface area contributed by atoms with E-state index in [-0.39, 0.29) is 18.3 Å². The molecule has 0 aliphatic heterocycles. The van der Waals surface area contributed by atoms with Crippen LogP contribution >= 0.6 is 0 Å². The fourth-order valence-electron chi connectivity index (χ4n) is 2.68. The highest BCUT2D eigenvalue weighted by Crippen LogP contribution is 2.26. The minimum atomic E-state index is -4.60. The third-order valence-corrected chi connectivity index (χ3v) is 4.15. The SMILES string of the molecule is CN(C)C(CNC(=O)c1cc(OCC(F)(F)F)ccc1[N+](=O)[O-])c1ccc(F)cc1. The van der Waals surface area contributed by atoms with Crippen molar-refractivity contribution in [3.8, 4) is 5.75 Å². The maximum Gasteiger partial charge on any atom is 0.422 e. The van der Waals surface area contributed by atoms with E-state index in [2.05, 4.69) is 10.1 Å². The Morgan fingerprint density at radius 1 is 1.20 bits per heavy atom. The zero-order chi connectivity index (χ0) is 22.5. The first kappa shape index (κ1) is 23.1. The van der Waals surface area contributed by atoms with Crippen LogP contribution in [0.5, 0.6) is 5.75 Å². The van der Waals surface area contributed by atoms with Gasteiger partial charge >= 0.3 is 6.18 Å². The highest BCUT2D eigenvalue weighted by Gasteiger charge is 2.29. The number of hydrogen-bond donors (Lipinski definition) is 1. The number of amides is 1. The molecule has 2 aromatic carbocycles. The lowest BCUT2D eigenvalue weighted by molar-refractivity contribution is -0.385. The van der Waals surface area contributed by atoms with Crippen molar-refractivity contribution in [1.29, 1.82) is 0 Å². The van der Waals surface area contributed by atoms with Crippen molar-refractivity contribution < 1.29 is 32.0 Å². The molecule has 11 heteroatoms. The number of hydrogen-bond acceptors (Lipinski definition) is 5. The van der Waals surface area contributed by atoms with Crippen LogP contribution in [0, 0.1) is 15.9 Å². The molecule has 0 aromatic heterocycles. The molecule has 0 bridgehead atoms. The highest BCUT2D eigenvalue weighted by molar-refractivity contribution is 5.98. The summed E-state index contributed by atoms with van der Waals surface area (Å²) in [5.74, 6) is -1.61. The third-order valence-electron chi connectivity index (χ3n) is 4.15. The average molecular weight is 429 g/mol. The van der Waals surface area contributed by atoms with Crippen LogP contribution in [0.25, 0.3) is 0 Å². The van der Waals surface area contributed by atoms with Gasteiger partial charge in [-0.15, -0.1) is 0 Å². The van der Waals surface area contributed by atoms with Crippen LogP contribution in [0.2, 0.25) is 0 Å². The predicted octanol–water partition coefficient (Wildman–Crippen LogP) is 3.71. The number of halogens is 4. The molecule has 0 fully saturated rings. The van der Waals surface area contributed by atoms with E-state index in [0.717, 1.165) is 18.2 Å². The predicted molar refractivity (Wildman–Crippen MR) is 99.8 cm³/mol. The Hall–Kier alpha value is -3.21. The Balaban J connectivity index is 2.20. The number of nitrogens with one attached hydrogen (secondary N) is 1. The number of nitro groups is 1. The Bertz CT molecular complexity index is 902. The summed E-state index contributed by atoms with van der Waals surface area (Å²) in [6, 6.07) is 8.02. The molecule has 2 aromatic rings. The molecule has 1 N–H and O–H groups in total. The van der Waals surface area contributed by atoms with Gasteiger partial charge in [0, 0.05) is 12.6 Å². The second-order valence-corrected chi connectivity index (χ2v) is 6.58. The van der Waals surface area contributed by atoms with Gasteiger partial charge in [-0.25, -0.2) is 4.39 Å². The van der Waals surface area contributed by atoms with Crippen molar-refractivity contribution in [2.45, 2.75) is 12.2 Å². The van der Waals surface area contributed by atoms with E-state index in [1.54, 1.807) is 31.1 Å². The summed E-state index contributed by atoms with van der Waals surface area (Å²) in [5.41, 5.74) is -0.315. The van der Waals surface area contributed by atoms with Crippen LogP contribution in [0.4, 0.5) is 23.2 Å². The van der Waals surface area contributed by atoms with E-state index in [9.17, 15) is 32.5 Å². The maximum absolute atomic E-state index is 13.2. The third kappa shape index (κ3) is 6.41. The maximum atomic E-state index is 13.2. The summed E-state index contributed by atoms with van der Waals surface area (Å²) in [5, 5.41) is 13.7. The minimum Gasteiger partial charge on any atom is -0.484 e. The Kier molecular flexibility index (Phi) is 7.33. The zero-order valence-electron chi connectivity index (χ0n) is 16.1. The summed E-state index contributed by atoms with van der Waals surface area (Å²) in [7, 11) is 3.46. The molecule has 0 heterocycles. The number of likely N-dealkylation sites (N-methyl/N-ethyl adjacent to an activating group) is 1. The number of alkyl halides is 3. The second-order valence-electron chi connectivity index (χ2n) is 6.58. The monoisotopic (exact) mass is 429 g/mol. The lowest BCUT2D eigenvalue weighted by Gasteiger charge is -2.25. The number of ether oxygens (including phenoxy) is 1. The number of nitrogens with zero attached hydrogens (tertiary/aromatic N) is 2. The molecule has 0 saturated carbocycles. The van der Waals surface area contributed by atoms with Gasteiger partial charge < -0.3 is 15.0 Å². The zero-order valence-corrected chi connectivity index (χ0v) is 16.1. The molecule has 30 heavy (non-hydrogen) atoms. The van der Waals surface area contributed by atoms with Gasteiger partial charge in [0.2, 0.25) is 0 Å². The summed E-state index contributed by atoms with van der Waals surface area (Å²) in [6.07, 6.45) is -4.60. The number of carbonyl (C=O) groups is 1. The molecule has 1 unspecified atom stereocenters. The Morgan fingerprint density at radius 2 is 1.83 bits per heavy atom. The van der Waals surface area contributed by atoms with Crippen LogP contribution in [0.15, 0.2) is 42.5 Å². The summed E-state index contributed by atoms with van der Waals surface area (Å²) >= 11 is 0. The molecule has 0 aliphatic rings. The second kappa shape index (κ2) is 9.53. The van der Waals surface area contributed by atoms with Crippen molar-refractivity contribution in [2.75, 3.05) is 27.2 Å². The van der Waals surface area contributed by atoms with E-state index in [0.29, 0.717) is 5.56 Å². The van der Waals surface area contributed by atoms with Crippen molar-refractivity contribution in [3.05, 3.63) is 69.5 Å². The molecule has 0 aliphatic carbocycles. The van der Waals surface area contributed by atoms with Gasteiger partial charge in [0.25, 0.3) is 11.6 Å². The molecular weight excluding hydrogens is 410 g/mol. The fourth-order valence-corrected chi connectivity index (χ4v) is 2.68. The molecular formula is C19H19F4N3O4. The first-order valence-electron chi connectivity index (χ1n) is 8.66. The standard InChI is InChI=1S/C19H19F4N3O4/c1-25(2)17(12-3-5-13(20)6-4-12)10-24-18(27)15-9-14(30-11-19(21,22)23)7-8-16(15)26(28)29/h3-9,17H,10-11H2,1-2H3,(H,24,27). The minimum absolute atomic E-state index is 0.0161. The Labute approximate surface area is 169 Å². The molecule has 0 saturated heterocycles. The van der Waals surface area contributed by atoms with E-state index < -0.39 is 40.7 Å². The van der Waals surface area contributed by atoms with Gasteiger partial charge in [-0.2, -0.15) is 13.2 Å². The van der Waals surface area contributed by atoms with E-state index in [1.165, 1.54) is 12.1 Å². The Morgan fingerprint density at radius 3 is 2.37 bits per heavy atom. The molecule has 2 rings (SSSR count). The number of nitro benzene ring substituents is 1. The summed E-state index contributed by atoms with van der Waals surface area (Å²) in [6.45, 7) is -1.58. The van der Waals surface area contributed by atoms with Gasteiger partial charge in [0.15, 0.2) is 6.61 Å². The number of benzene rings is 2. The van der Waals surface area contributed by atoms with Crippen molar-refractivity contribution >= 4 is 11.6 Å². The first-order chi connectivity index (χ1) is 14.0. The summed E-state index contributed by atoms with van der Waals surface area (Å²) in [4.78, 5) is 24.7. The van der Waals surface area contributed by atoms with Crippen LogP contribution in [0.3, 0.4) is 0 Å². The van der Waals surface area contributed by atoms with Crippen LogP contribution in [-0.4, -0.2) is 49.2 Å². The van der Waals surface area contributed by atoms with Gasteiger partial charge in [-0.1, -0.05) is 12.1 Å². The molecule has 0 radical (unpaired) electrons. The molecule has 162 valence electrons.